The summed E-state index contributed by atoms with van der Waals surface area (Å²) in [5.74, 6) is -0.130. The second kappa shape index (κ2) is 3.47. The number of fused-ring (bicyclic) bond motifs is 1. The molecule has 0 aromatic carbocycles. The molecule has 0 fully saturated rings. The summed E-state index contributed by atoms with van der Waals surface area (Å²) in [7, 11) is 0. The van der Waals surface area contributed by atoms with Crippen LogP contribution in [-0.4, -0.2) is 28.0 Å². The van der Waals surface area contributed by atoms with Gasteiger partial charge in [-0.3, -0.25) is 4.90 Å². The van der Waals surface area contributed by atoms with Crippen molar-refractivity contribution in [1.82, 2.24) is 9.78 Å². The number of aromatic nitrogens is 2. The second-order valence-corrected chi connectivity index (χ2v) is 4.68. The van der Waals surface area contributed by atoms with Gasteiger partial charge in [0.25, 0.3) is 0 Å². The first-order valence-corrected chi connectivity index (χ1v) is 5.11. The van der Waals surface area contributed by atoms with Crippen LogP contribution in [0.2, 0.25) is 0 Å². The topological polar surface area (TPSA) is 47.4 Å². The van der Waals surface area contributed by atoms with E-state index in [0.717, 1.165) is 0 Å². The van der Waals surface area contributed by atoms with E-state index in [1.54, 1.807) is 20.8 Å². The van der Waals surface area contributed by atoms with Crippen LogP contribution in [0.5, 0.6) is 0 Å². The first-order chi connectivity index (χ1) is 7.37. The summed E-state index contributed by atoms with van der Waals surface area (Å²) in [5.41, 5.74) is -0.553. The van der Waals surface area contributed by atoms with Crippen molar-refractivity contribution in [3.63, 3.8) is 0 Å². The number of hydrogen-bond acceptors (Lipinski definition) is 3. The van der Waals surface area contributed by atoms with Crippen LogP contribution >= 0.6 is 0 Å². The number of ether oxygens (including phenoxy) is 1. The molecule has 0 saturated carbocycles. The molecule has 1 aliphatic heterocycles. The number of carbonyl (C=O) groups is 1. The normalized spacial score (nSPS) is 15.1. The Morgan fingerprint density at radius 2 is 2.19 bits per heavy atom. The monoisotopic (exact) mass is 227 g/mol. The molecule has 0 bridgehead atoms. The van der Waals surface area contributed by atoms with Gasteiger partial charge in [0.2, 0.25) is 5.95 Å². The zero-order chi connectivity index (χ0) is 11.9. The Labute approximate surface area is 92.8 Å². The molecule has 0 unspecified atom stereocenters. The molecule has 0 radical (unpaired) electrons. The Morgan fingerprint density at radius 1 is 1.50 bits per heavy atom. The van der Waals surface area contributed by atoms with E-state index in [9.17, 15) is 9.18 Å². The van der Waals surface area contributed by atoms with E-state index in [1.807, 2.05) is 0 Å². The standard InChI is InChI=1S/C10H14FN3O2/c1-10(2,3)16-9(15)13-4-5-14-8(13)6-7(11)12-14/h6H,4-5H2,1-3H3. The highest BCUT2D eigenvalue weighted by Crippen LogP contribution is 2.23. The van der Waals surface area contributed by atoms with E-state index in [2.05, 4.69) is 5.10 Å². The summed E-state index contributed by atoms with van der Waals surface area (Å²) < 4.78 is 19.5. The van der Waals surface area contributed by atoms with E-state index in [4.69, 9.17) is 4.74 Å². The van der Waals surface area contributed by atoms with Crippen LogP contribution in [0.1, 0.15) is 20.8 Å². The minimum absolute atomic E-state index is 0.451. The van der Waals surface area contributed by atoms with Crippen molar-refractivity contribution in [3.05, 3.63) is 12.0 Å². The molecule has 1 aliphatic rings. The van der Waals surface area contributed by atoms with E-state index >= 15 is 0 Å². The molecule has 2 heterocycles. The lowest BCUT2D eigenvalue weighted by Crippen LogP contribution is -2.35. The Kier molecular flexibility index (Phi) is 2.36. The van der Waals surface area contributed by atoms with E-state index in [1.165, 1.54) is 15.6 Å². The molecule has 0 N–H and O–H groups in total. The van der Waals surface area contributed by atoms with Gasteiger partial charge < -0.3 is 4.74 Å². The molecule has 0 saturated heterocycles. The Balaban J connectivity index is 2.15. The van der Waals surface area contributed by atoms with Crippen LogP contribution < -0.4 is 4.90 Å². The van der Waals surface area contributed by atoms with Gasteiger partial charge in [0.1, 0.15) is 11.4 Å². The minimum atomic E-state index is -0.580. The maximum Gasteiger partial charge on any atom is 0.416 e. The van der Waals surface area contributed by atoms with Crippen LogP contribution in [0.25, 0.3) is 0 Å². The maximum atomic E-state index is 12.9. The first kappa shape index (κ1) is 10.9. The van der Waals surface area contributed by atoms with E-state index < -0.39 is 17.6 Å². The summed E-state index contributed by atoms with van der Waals surface area (Å²) in [4.78, 5) is 13.2. The number of hydrogen-bond donors (Lipinski definition) is 0. The number of amides is 1. The fraction of sp³-hybridized carbons (Fsp3) is 0.600. The molecule has 2 rings (SSSR count). The summed E-state index contributed by atoms with van der Waals surface area (Å²) in [6, 6.07) is 1.23. The highest BCUT2D eigenvalue weighted by atomic mass is 19.1. The predicted octanol–water partition coefficient (Wildman–Crippen LogP) is 1.78. The lowest BCUT2D eigenvalue weighted by atomic mass is 10.2. The van der Waals surface area contributed by atoms with Crippen molar-refractivity contribution in [1.29, 1.82) is 0 Å². The first-order valence-electron chi connectivity index (χ1n) is 5.11. The zero-order valence-electron chi connectivity index (χ0n) is 9.53. The van der Waals surface area contributed by atoms with Gasteiger partial charge in [-0.15, -0.1) is 5.10 Å². The average molecular weight is 227 g/mol. The molecule has 0 aliphatic carbocycles. The van der Waals surface area contributed by atoms with E-state index in [0.29, 0.717) is 18.9 Å². The van der Waals surface area contributed by atoms with Gasteiger partial charge in [0.15, 0.2) is 0 Å². The van der Waals surface area contributed by atoms with Crippen molar-refractivity contribution in [2.45, 2.75) is 32.9 Å². The Morgan fingerprint density at radius 3 is 2.81 bits per heavy atom. The van der Waals surface area contributed by atoms with Crippen molar-refractivity contribution in [2.75, 3.05) is 11.4 Å². The molecule has 88 valence electrons. The largest absolute Gasteiger partial charge is 0.443 e. The third kappa shape index (κ3) is 2.00. The summed E-state index contributed by atoms with van der Waals surface area (Å²) in [6.07, 6.45) is -0.467. The number of anilines is 1. The van der Waals surface area contributed by atoms with Gasteiger partial charge in [-0.1, -0.05) is 0 Å². The lowest BCUT2D eigenvalue weighted by Gasteiger charge is -2.23. The summed E-state index contributed by atoms with van der Waals surface area (Å²) >= 11 is 0. The summed E-state index contributed by atoms with van der Waals surface area (Å²) in [6.45, 7) is 6.34. The summed E-state index contributed by atoms with van der Waals surface area (Å²) in [5, 5.41) is 3.62. The van der Waals surface area contributed by atoms with Crippen molar-refractivity contribution in [3.8, 4) is 0 Å². The molecule has 1 aromatic rings. The van der Waals surface area contributed by atoms with Crippen molar-refractivity contribution in [2.24, 2.45) is 0 Å². The SMILES string of the molecule is CC(C)(C)OC(=O)N1CCn2nc(F)cc21. The van der Waals surface area contributed by atoms with E-state index in [-0.39, 0.29) is 0 Å². The molecule has 6 heteroatoms. The second-order valence-electron chi connectivity index (χ2n) is 4.68. The minimum Gasteiger partial charge on any atom is -0.443 e. The molecule has 0 spiro atoms. The quantitative estimate of drug-likeness (QED) is 0.678. The molecule has 0 atom stereocenters. The molecule has 1 aromatic heterocycles. The lowest BCUT2D eigenvalue weighted by molar-refractivity contribution is 0.0584. The number of halogens is 1. The van der Waals surface area contributed by atoms with Gasteiger partial charge in [-0.25, -0.2) is 9.48 Å². The fourth-order valence-corrected chi connectivity index (χ4v) is 1.57. The van der Waals surface area contributed by atoms with Crippen molar-refractivity contribution >= 4 is 11.9 Å². The molecule has 1 amide bonds. The van der Waals surface area contributed by atoms with Crippen molar-refractivity contribution < 1.29 is 13.9 Å². The Bertz CT molecular complexity index is 422. The molecular formula is C10H14FN3O2. The maximum absolute atomic E-state index is 12.9. The molecular weight excluding hydrogens is 213 g/mol. The zero-order valence-corrected chi connectivity index (χ0v) is 9.53. The third-order valence-electron chi connectivity index (χ3n) is 2.15. The van der Waals surface area contributed by atoms with Gasteiger partial charge in [0, 0.05) is 6.07 Å². The fourth-order valence-electron chi connectivity index (χ4n) is 1.57. The van der Waals surface area contributed by atoms with Gasteiger partial charge in [-0.05, 0) is 20.8 Å². The third-order valence-corrected chi connectivity index (χ3v) is 2.15. The number of nitrogens with zero attached hydrogens (tertiary/aromatic N) is 3. The molecule has 5 nitrogen and oxygen atoms in total. The average Bonchev–Trinajstić information content (AvgIpc) is 2.58. The molecule has 16 heavy (non-hydrogen) atoms. The van der Waals surface area contributed by atoms with Crippen LogP contribution in [0.15, 0.2) is 6.07 Å². The van der Waals surface area contributed by atoms with Gasteiger partial charge >= 0.3 is 6.09 Å². The van der Waals surface area contributed by atoms with Crippen LogP contribution in [0.3, 0.4) is 0 Å². The van der Waals surface area contributed by atoms with Gasteiger partial charge in [0.05, 0.1) is 13.1 Å². The number of rotatable bonds is 0. The highest BCUT2D eigenvalue weighted by molar-refractivity contribution is 5.87. The van der Waals surface area contributed by atoms with Gasteiger partial charge in [-0.2, -0.15) is 4.39 Å². The highest BCUT2D eigenvalue weighted by Gasteiger charge is 2.30. The number of carbonyl (C=O) groups excluding carboxylic acids is 1. The Hall–Kier alpha value is -1.59. The van der Waals surface area contributed by atoms with Crippen LogP contribution in [0, 0.1) is 5.95 Å². The predicted molar refractivity (Wildman–Crippen MR) is 55.8 cm³/mol. The van der Waals surface area contributed by atoms with Crippen LogP contribution in [-0.2, 0) is 11.3 Å². The van der Waals surface area contributed by atoms with Crippen LogP contribution in [0.4, 0.5) is 15.0 Å². The smallest absolute Gasteiger partial charge is 0.416 e.